The second-order valence-corrected chi connectivity index (χ2v) is 5.53. The summed E-state index contributed by atoms with van der Waals surface area (Å²) in [5.41, 5.74) is 1.71. The molecule has 0 saturated heterocycles. The second-order valence-electron chi connectivity index (χ2n) is 4.56. The van der Waals surface area contributed by atoms with Crippen molar-refractivity contribution in [3.05, 3.63) is 40.1 Å². The van der Waals surface area contributed by atoms with Gasteiger partial charge in [-0.3, -0.25) is 9.48 Å². The van der Waals surface area contributed by atoms with Crippen LogP contribution in [0.5, 0.6) is 0 Å². The van der Waals surface area contributed by atoms with Crippen molar-refractivity contribution in [2.45, 2.75) is 44.1 Å². The van der Waals surface area contributed by atoms with E-state index in [0.717, 1.165) is 17.8 Å². The van der Waals surface area contributed by atoms with E-state index >= 15 is 0 Å². The number of nitrogens with zero attached hydrogens (tertiary/aromatic N) is 3. The first kappa shape index (κ1) is 13.9. The van der Waals surface area contributed by atoms with Crippen LogP contribution in [0.15, 0.2) is 28.3 Å². The number of hydrogen-bond donors (Lipinski definition) is 1. The fraction of sp³-hybridized carbons (Fsp3) is 0.462. The van der Waals surface area contributed by atoms with E-state index in [2.05, 4.69) is 28.9 Å². The number of H-pyrrole nitrogens is 1. The fourth-order valence-corrected chi connectivity index (χ4v) is 2.41. The number of hydrogen-bond acceptors (Lipinski definition) is 4. The molecular formula is C13H18N4OS. The summed E-state index contributed by atoms with van der Waals surface area (Å²) in [6.07, 6.45) is 2.73. The zero-order valence-electron chi connectivity index (χ0n) is 11.4. The monoisotopic (exact) mass is 278 g/mol. The van der Waals surface area contributed by atoms with Gasteiger partial charge < -0.3 is 4.98 Å². The van der Waals surface area contributed by atoms with Crippen LogP contribution in [-0.4, -0.2) is 19.7 Å². The predicted octanol–water partition coefficient (Wildman–Crippen LogP) is 2.40. The number of aryl methyl sites for hydroxylation is 1. The van der Waals surface area contributed by atoms with Gasteiger partial charge in [0.1, 0.15) is 0 Å². The van der Waals surface area contributed by atoms with Gasteiger partial charge in [-0.1, -0.05) is 18.7 Å². The molecule has 0 aliphatic heterocycles. The summed E-state index contributed by atoms with van der Waals surface area (Å²) in [4.78, 5) is 18.6. The average molecular weight is 278 g/mol. The van der Waals surface area contributed by atoms with Gasteiger partial charge >= 0.3 is 0 Å². The highest BCUT2D eigenvalue weighted by Gasteiger charge is 2.05. The van der Waals surface area contributed by atoms with Crippen LogP contribution in [0.3, 0.4) is 0 Å². The Hall–Kier alpha value is -1.56. The molecule has 102 valence electrons. The Balaban J connectivity index is 2.05. The molecule has 2 aromatic heterocycles. The van der Waals surface area contributed by atoms with Crippen molar-refractivity contribution in [2.24, 2.45) is 0 Å². The summed E-state index contributed by atoms with van der Waals surface area (Å²) < 4.78 is 1.93. The smallest absolute Gasteiger partial charge is 0.251 e. The molecule has 2 heterocycles. The Morgan fingerprint density at radius 3 is 2.84 bits per heavy atom. The highest BCUT2D eigenvalue weighted by Crippen LogP contribution is 2.18. The van der Waals surface area contributed by atoms with E-state index in [1.54, 1.807) is 0 Å². The largest absolute Gasteiger partial charge is 0.301 e. The molecule has 0 aliphatic rings. The maximum Gasteiger partial charge on any atom is 0.251 e. The summed E-state index contributed by atoms with van der Waals surface area (Å²) in [6, 6.07) is 3.90. The maximum atomic E-state index is 11.4. The van der Waals surface area contributed by atoms with Crippen molar-refractivity contribution in [1.82, 2.24) is 19.7 Å². The molecule has 0 amide bonds. The Bertz CT molecular complexity index is 603. The molecule has 0 atom stereocenters. The van der Waals surface area contributed by atoms with Gasteiger partial charge in [-0.05, 0) is 26.3 Å². The van der Waals surface area contributed by atoms with Crippen molar-refractivity contribution < 1.29 is 0 Å². The van der Waals surface area contributed by atoms with Gasteiger partial charge in [-0.25, -0.2) is 4.98 Å². The fourth-order valence-electron chi connectivity index (χ4n) is 1.62. The Morgan fingerprint density at radius 1 is 1.42 bits per heavy atom. The normalized spacial score (nSPS) is 11.2. The first-order chi connectivity index (χ1) is 9.08. The summed E-state index contributed by atoms with van der Waals surface area (Å²) in [7, 11) is 0. The number of thioether (sulfide) groups is 1. The molecule has 0 saturated carbocycles. The SMILES string of the molecule is CCc1cc(=O)[nH]c(SCc2ccn(C(C)C)n2)n1. The number of aromatic nitrogens is 4. The maximum absolute atomic E-state index is 11.4. The van der Waals surface area contributed by atoms with Gasteiger partial charge in [0.05, 0.1) is 5.69 Å². The first-order valence-electron chi connectivity index (χ1n) is 6.35. The van der Waals surface area contributed by atoms with Crippen LogP contribution >= 0.6 is 11.8 Å². The van der Waals surface area contributed by atoms with E-state index in [1.165, 1.54) is 17.8 Å². The quantitative estimate of drug-likeness (QED) is 0.674. The number of aromatic amines is 1. The van der Waals surface area contributed by atoms with Crippen molar-refractivity contribution in [3.63, 3.8) is 0 Å². The minimum atomic E-state index is -0.0953. The molecule has 2 aromatic rings. The molecular weight excluding hydrogens is 260 g/mol. The molecule has 0 radical (unpaired) electrons. The standard InChI is InChI=1S/C13H18N4OS/c1-4-10-7-12(18)15-13(14-10)19-8-11-5-6-17(16-11)9(2)3/h5-7,9H,4,8H2,1-3H3,(H,14,15,18). The lowest BCUT2D eigenvalue weighted by atomic mass is 10.3. The van der Waals surface area contributed by atoms with Gasteiger partial charge in [-0.15, -0.1) is 0 Å². The van der Waals surface area contributed by atoms with E-state index in [4.69, 9.17) is 0 Å². The molecule has 0 aromatic carbocycles. The molecule has 5 nitrogen and oxygen atoms in total. The van der Waals surface area contributed by atoms with E-state index in [9.17, 15) is 4.79 Å². The lowest BCUT2D eigenvalue weighted by Gasteiger charge is -2.04. The van der Waals surface area contributed by atoms with Crippen molar-refractivity contribution in [1.29, 1.82) is 0 Å². The van der Waals surface area contributed by atoms with Crippen molar-refractivity contribution in [3.8, 4) is 0 Å². The zero-order chi connectivity index (χ0) is 13.8. The highest BCUT2D eigenvalue weighted by atomic mass is 32.2. The van der Waals surface area contributed by atoms with E-state index < -0.39 is 0 Å². The van der Waals surface area contributed by atoms with Gasteiger partial charge in [0.25, 0.3) is 5.56 Å². The van der Waals surface area contributed by atoms with Crippen LogP contribution in [0.25, 0.3) is 0 Å². The minimum Gasteiger partial charge on any atom is -0.301 e. The van der Waals surface area contributed by atoms with Crippen LogP contribution < -0.4 is 5.56 Å². The van der Waals surface area contributed by atoms with Crippen molar-refractivity contribution >= 4 is 11.8 Å². The number of nitrogens with one attached hydrogen (secondary N) is 1. The van der Waals surface area contributed by atoms with E-state index in [0.29, 0.717) is 17.0 Å². The first-order valence-corrected chi connectivity index (χ1v) is 7.34. The molecule has 0 spiro atoms. The summed E-state index contributed by atoms with van der Waals surface area (Å²) in [5.74, 6) is 0.704. The zero-order valence-corrected chi connectivity index (χ0v) is 12.2. The molecule has 1 N–H and O–H groups in total. The highest BCUT2D eigenvalue weighted by molar-refractivity contribution is 7.98. The summed E-state index contributed by atoms with van der Waals surface area (Å²) in [6.45, 7) is 6.17. The third-order valence-corrected chi connectivity index (χ3v) is 3.59. The Morgan fingerprint density at radius 2 is 2.21 bits per heavy atom. The molecule has 0 bridgehead atoms. The molecule has 0 unspecified atom stereocenters. The van der Waals surface area contributed by atoms with Crippen LogP contribution in [-0.2, 0) is 12.2 Å². The predicted molar refractivity (Wildman–Crippen MR) is 76.4 cm³/mol. The molecule has 19 heavy (non-hydrogen) atoms. The van der Waals surface area contributed by atoms with Crippen LogP contribution in [0.4, 0.5) is 0 Å². The van der Waals surface area contributed by atoms with Crippen molar-refractivity contribution in [2.75, 3.05) is 0 Å². The molecule has 0 aliphatic carbocycles. The van der Waals surface area contributed by atoms with Crippen LogP contribution in [0.1, 0.15) is 38.2 Å². The minimum absolute atomic E-state index is 0.0953. The van der Waals surface area contributed by atoms with Crippen LogP contribution in [0, 0.1) is 0 Å². The third kappa shape index (κ3) is 3.70. The Kier molecular flexibility index (Phi) is 4.42. The topological polar surface area (TPSA) is 63.6 Å². The molecule has 2 rings (SSSR count). The lowest BCUT2D eigenvalue weighted by Crippen LogP contribution is -2.09. The average Bonchev–Trinajstić information content (AvgIpc) is 2.84. The van der Waals surface area contributed by atoms with E-state index in [1.807, 2.05) is 23.9 Å². The van der Waals surface area contributed by atoms with Gasteiger partial charge in [0.15, 0.2) is 5.16 Å². The lowest BCUT2D eigenvalue weighted by molar-refractivity contribution is 0.528. The summed E-state index contributed by atoms with van der Waals surface area (Å²) >= 11 is 1.50. The van der Waals surface area contributed by atoms with Gasteiger partial charge in [0.2, 0.25) is 0 Å². The number of rotatable bonds is 5. The molecule has 6 heteroatoms. The Labute approximate surface area is 116 Å². The van der Waals surface area contributed by atoms with Gasteiger partial charge in [-0.2, -0.15) is 5.10 Å². The van der Waals surface area contributed by atoms with Gasteiger partial charge in [0, 0.05) is 29.8 Å². The molecule has 0 fully saturated rings. The van der Waals surface area contributed by atoms with Crippen LogP contribution in [0.2, 0.25) is 0 Å². The summed E-state index contributed by atoms with van der Waals surface area (Å²) in [5, 5.41) is 5.12. The van der Waals surface area contributed by atoms with E-state index in [-0.39, 0.29) is 5.56 Å². The second kappa shape index (κ2) is 6.06. The third-order valence-electron chi connectivity index (χ3n) is 2.68.